The minimum atomic E-state index is -1.10. The number of rotatable bonds is 3. The lowest BCUT2D eigenvalue weighted by atomic mass is 10.0. The Balaban J connectivity index is 2.99. The molecule has 0 aliphatic rings. The summed E-state index contributed by atoms with van der Waals surface area (Å²) in [4.78, 5) is 22.2. The number of carbonyl (C=O) groups is 2. The predicted octanol–water partition coefficient (Wildman–Crippen LogP) is 2.22. The van der Waals surface area contributed by atoms with Crippen molar-refractivity contribution >= 4 is 28.0 Å². The number of carbonyl (C=O) groups excluding carboxylic acids is 2. The van der Waals surface area contributed by atoms with E-state index in [1.807, 2.05) is 6.07 Å². The van der Waals surface area contributed by atoms with E-state index in [1.165, 1.54) is 6.92 Å². The molecule has 0 heterocycles. The van der Waals surface area contributed by atoms with Gasteiger partial charge in [-0.1, -0.05) is 46.3 Å². The zero-order chi connectivity index (χ0) is 9.90. The number of aldehydes is 1. The average molecular weight is 241 g/mol. The van der Waals surface area contributed by atoms with Gasteiger partial charge in [0, 0.05) is 5.56 Å². The van der Waals surface area contributed by atoms with E-state index in [4.69, 9.17) is 0 Å². The van der Waals surface area contributed by atoms with Crippen molar-refractivity contribution in [2.75, 3.05) is 0 Å². The highest BCUT2D eigenvalue weighted by atomic mass is 79.9. The first-order chi connectivity index (χ1) is 6.08. The number of alkyl halides is 1. The lowest BCUT2D eigenvalue weighted by molar-refractivity contribution is -0.108. The molecular weight excluding hydrogens is 232 g/mol. The molecule has 0 radical (unpaired) electrons. The van der Waals surface area contributed by atoms with Crippen LogP contribution in [0.4, 0.5) is 0 Å². The molecule has 0 bridgehead atoms. The largest absolute Gasteiger partial charge is 0.301 e. The van der Waals surface area contributed by atoms with Gasteiger partial charge in [-0.3, -0.25) is 4.79 Å². The van der Waals surface area contributed by atoms with Crippen molar-refractivity contribution < 1.29 is 9.59 Å². The Hall–Kier alpha value is -0.960. The van der Waals surface area contributed by atoms with Crippen LogP contribution in [0.5, 0.6) is 0 Å². The molecule has 0 fully saturated rings. The Morgan fingerprint density at radius 1 is 1.38 bits per heavy atom. The van der Waals surface area contributed by atoms with E-state index in [0.717, 1.165) is 0 Å². The van der Waals surface area contributed by atoms with Crippen molar-refractivity contribution in [3.8, 4) is 0 Å². The smallest absolute Gasteiger partial charge is 0.186 e. The Bertz CT molecular complexity index is 317. The first kappa shape index (κ1) is 10.1. The van der Waals surface area contributed by atoms with E-state index in [2.05, 4.69) is 15.9 Å². The van der Waals surface area contributed by atoms with Gasteiger partial charge in [0.15, 0.2) is 5.78 Å². The second kappa shape index (κ2) is 3.83. The highest BCUT2D eigenvalue weighted by Gasteiger charge is 2.29. The molecule has 0 N–H and O–H groups in total. The normalized spacial score (nSPS) is 14.6. The van der Waals surface area contributed by atoms with Gasteiger partial charge < -0.3 is 4.79 Å². The SMILES string of the molecule is CC(Br)(C=O)C(=O)c1ccccc1. The lowest BCUT2D eigenvalue weighted by Gasteiger charge is -2.12. The topological polar surface area (TPSA) is 34.1 Å². The first-order valence-electron chi connectivity index (χ1n) is 3.83. The van der Waals surface area contributed by atoms with E-state index < -0.39 is 4.32 Å². The fraction of sp³-hybridized carbons (Fsp3) is 0.200. The third-order valence-electron chi connectivity index (χ3n) is 1.70. The molecule has 1 aromatic rings. The summed E-state index contributed by atoms with van der Waals surface area (Å²) in [5, 5.41) is 0. The number of ketones is 1. The minimum Gasteiger partial charge on any atom is -0.301 e. The summed E-state index contributed by atoms with van der Waals surface area (Å²) in [7, 11) is 0. The fourth-order valence-corrected chi connectivity index (χ4v) is 1.15. The molecule has 13 heavy (non-hydrogen) atoms. The molecule has 0 saturated carbocycles. The van der Waals surface area contributed by atoms with E-state index in [9.17, 15) is 9.59 Å². The van der Waals surface area contributed by atoms with Crippen LogP contribution >= 0.6 is 15.9 Å². The van der Waals surface area contributed by atoms with Crippen LogP contribution in [0.3, 0.4) is 0 Å². The Labute approximate surface area is 85.1 Å². The highest BCUT2D eigenvalue weighted by Crippen LogP contribution is 2.20. The Kier molecular flexibility index (Phi) is 2.98. The van der Waals surface area contributed by atoms with Gasteiger partial charge in [0.25, 0.3) is 0 Å². The third kappa shape index (κ3) is 2.25. The molecule has 2 nitrogen and oxygen atoms in total. The highest BCUT2D eigenvalue weighted by molar-refractivity contribution is 9.10. The zero-order valence-corrected chi connectivity index (χ0v) is 8.74. The van der Waals surface area contributed by atoms with Crippen LogP contribution < -0.4 is 0 Å². The van der Waals surface area contributed by atoms with Crippen LogP contribution in [0.1, 0.15) is 17.3 Å². The third-order valence-corrected chi connectivity index (χ3v) is 2.25. The molecule has 1 atom stereocenters. The molecule has 3 heteroatoms. The molecule has 0 amide bonds. The van der Waals surface area contributed by atoms with Crippen LogP contribution in [0, 0.1) is 0 Å². The number of hydrogen-bond donors (Lipinski definition) is 0. The summed E-state index contributed by atoms with van der Waals surface area (Å²) in [6.45, 7) is 1.54. The standard InChI is InChI=1S/C10H9BrO2/c1-10(11,7-12)9(13)8-5-3-2-4-6-8/h2-7H,1H3. The van der Waals surface area contributed by atoms with Crippen molar-refractivity contribution in [1.29, 1.82) is 0 Å². The predicted molar refractivity (Wildman–Crippen MR) is 54.2 cm³/mol. The van der Waals surface area contributed by atoms with Gasteiger partial charge in [-0.2, -0.15) is 0 Å². The number of benzene rings is 1. The Morgan fingerprint density at radius 2 is 1.92 bits per heavy atom. The number of Topliss-reactive ketones (excluding diaryl/α,β-unsaturated/α-hetero) is 1. The molecule has 1 rings (SSSR count). The van der Waals surface area contributed by atoms with Crippen LogP contribution in [-0.2, 0) is 4.79 Å². The van der Waals surface area contributed by atoms with Crippen LogP contribution in [0.25, 0.3) is 0 Å². The maximum atomic E-state index is 11.6. The molecular formula is C10H9BrO2. The summed E-state index contributed by atoms with van der Waals surface area (Å²) >= 11 is 3.07. The van der Waals surface area contributed by atoms with Crippen molar-refractivity contribution in [2.45, 2.75) is 11.2 Å². The van der Waals surface area contributed by atoms with E-state index in [0.29, 0.717) is 11.8 Å². The summed E-state index contributed by atoms with van der Waals surface area (Å²) in [5.41, 5.74) is 0.536. The summed E-state index contributed by atoms with van der Waals surface area (Å²) < 4.78 is -1.10. The van der Waals surface area contributed by atoms with Crippen LogP contribution in [0.15, 0.2) is 30.3 Å². The molecule has 0 aliphatic carbocycles. The fourth-order valence-electron chi connectivity index (χ4n) is 0.925. The second-order valence-electron chi connectivity index (χ2n) is 2.89. The van der Waals surface area contributed by atoms with Gasteiger partial charge in [-0.05, 0) is 6.92 Å². The summed E-state index contributed by atoms with van der Waals surface area (Å²) in [6, 6.07) is 8.72. The van der Waals surface area contributed by atoms with Crippen molar-refractivity contribution in [1.82, 2.24) is 0 Å². The second-order valence-corrected chi connectivity index (χ2v) is 4.54. The number of hydrogen-bond acceptors (Lipinski definition) is 2. The molecule has 1 aromatic carbocycles. The first-order valence-corrected chi connectivity index (χ1v) is 4.62. The van der Waals surface area contributed by atoms with Gasteiger partial charge in [0.1, 0.15) is 10.6 Å². The van der Waals surface area contributed by atoms with E-state index in [-0.39, 0.29) is 5.78 Å². The van der Waals surface area contributed by atoms with Gasteiger partial charge in [-0.15, -0.1) is 0 Å². The average Bonchev–Trinajstić information content (AvgIpc) is 2.18. The molecule has 0 spiro atoms. The molecule has 0 aromatic heterocycles. The molecule has 1 unspecified atom stereocenters. The van der Waals surface area contributed by atoms with Crippen molar-refractivity contribution in [2.24, 2.45) is 0 Å². The maximum absolute atomic E-state index is 11.6. The molecule has 0 aliphatic heterocycles. The molecule has 0 saturated heterocycles. The van der Waals surface area contributed by atoms with Crippen molar-refractivity contribution in [3.05, 3.63) is 35.9 Å². The maximum Gasteiger partial charge on any atom is 0.186 e. The zero-order valence-electron chi connectivity index (χ0n) is 7.16. The quantitative estimate of drug-likeness (QED) is 0.352. The van der Waals surface area contributed by atoms with Gasteiger partial charge in [-0.25, -0.2) is 0 Å². The monoisotopic (exact) mass is 240 g/mol. The van der Waals surface area contributed by atoms with Gasteiger partial charge in [0.2, 0.25) is 0 Å². The van der Waals surface area contributed by atoms with Gasteiger partial charge in [0.05, 0.1) is 0 Å². The van der Waals surface area contributed by atoms with Crippen LogP contribution in [-0.4, -0.2) is 16.4 Å². The van der Waals surface area contributed by atoms with E-state index >= 15 is 0 Å². The minimum absolute atomic E-state index is 0.219. The number of halogens is 1. The Morgan fingerprint density at radius 3 is 2.38 bits per heavy atom. The van der Waals surface area contributed by atoms with Gasteiger partial charge >= 0.3 is 0 Å². The summed E-state index contributed by atoms with van der Waals surface area (Å²) in [6.07, 6.45) is 0.600. The summed E-state index contributed by atoms with van der Waals surface area (Å²) in [5.74, 6) is -0.219. The lowest BCUT2D eigenvalue weighted by Crippen LogP contribution is -2.29. The van der Waals surface area contributed by atoms with Crippen molar-refractivity contribution in [3.63, 3.8) is 0 Å². The molecule has 68 valence electrons. The van der Waals surface area contributed by atoms with E-state index in [1.54, 1.807) is 24.3 Å². The van der Waals surface area contributed by atoms with Crippen LogP contribution in [0.2, 0.25) is 0 Å².